The molecule has 97 heavy (non-hydrogen) atoms. The number of rotatable bonds is 24. The van der Waals surface area contributed by atoms with Gasteiger partial charge >= 0.3 is 50.2 Å². The van der Waals surface area contributed by atoms with E-state index < -0.39 is 83.9 Å². The molecule has 10 rings (SSSR count). The topological polar surface area (TPSA) is 335 Å². The van der Waals surface area contributed by atoms with Gasteiger partial charge in [0.25, 0.3) is 0 Å². The van der Waals surface area contributed by atoms with E-state index in [1.54, 1.807) is 70.0 Å². The largest absolute Gasteiger partial charge is 0.534 e. The van der Waals surface area contributed by atoms with E-state index in [9.17, 15) is 55.5 Å². The molecule has 0 bridgehead atoms. The van der Waals surface area contributed by atoms with Crippen LogP contribution in [0.25, 0.3) is 33.1 Å². The number of nitrogens with one attached hydrogen (secondary N) is 1. The van der Waals surface area contributed by atoms with Gasteiger partial charge in [-0.05, 0) is 73.9 Å². The molecule has 27 nitrogen and oxygen atoms in total. The van der Waals surface area contributed by atoms with E-state index in [0.717, 1.165) is 49.9 Å². The molecule has 0 saturated carbocycles. The molecule has 6 aromatic heterocycles. The molecule has 2 N–H and O–H groups in total. The predicted molar refractivity (Wildman–Crippen MR) is 352 cm³/mol. The smallest absolute Gasteiger partial charge is 0.506 e. The van der Waals surface area contributed by atoms with Gasteiger partial charge in [0.05, 0.1) is 48.8 Å². The lowest BCUT2D eigenvalue weighted by atomic mass is 10.1. The summed E-state index contributed by atoms with van der Waals surface area (Å²) in [7, 11) is -4.67. The fourth-order valence-corrected chi connectivity index (χ4v) is 10.2. The summed E-state index contributed by atoms with van der Waals surface area (Å²) in [6.07, 6.45) is 9.04. The lowest BCUT2D eigenvalue weighted by Gasteiger charge is -2.18. The number of pyridine rings is 3. The van der Waals surface area contributed by atoms with Crippen LogP contribution in [0, 0.1) is 0 Å². The number of hydrogen-bond donors (Lipinski definition) is 2. The Labute approximate surface area is 562 Å². The van der Waals surface area contributed by atoms with E-state index in [1.165, 1.54) is 36.6 Å². The van der Waals surface area contributed by atoms with Crippen LogP contribution in [-0.4, -0.2) is 127 Å². The number of ether oxygens (including phenoxy) is 4. The Morgan fingerprint density at radius 2 is 0.897 bits per heavy atom. The Bertz CT molecular complexity index is 4770. The molecule has 0 saturated heterocycles. The summed E-state index contributed by atoms with van der Waals surface area (Å²) in [5.41, 5.74) is -7.11. The summed E-state index contributed by atoms with van der Waals surface area (Å²) in [5, 5.41) is 14.7. The number of alkyl halides is 3. The van der Waals surface area contributed by atoms with Gasteiger partial charge in [0.15, 0.2) is 54.9 Å². The SMILES string of the molecule is CCOC(=O)c1c(NCc2ccc(OC)cc2)c2cnc(SC)nc2n(OCc2ccccc2)c1=O.CCOC(=O)c1c(O)c2cnc(SC)nc2n(OCc2ccccc2)c1=O.CCOC(=O)c1c(OS(=O)(=O)C(F)(F)F)c2cnc(SC)nc2n(OCc2ccccc2)c1=O. The Morgan fingerprint density at radius 3 is 1.31 bits per heavy atom. The quantitative estimate of drug-likeness (QED) is 0.0143. The van der Waals surface area contributed by atoms with Crippen molar-refractivity contribution in [2.75, 3.05) is 51.0 Å². The maximum atomic E-state index is 13.6. The summed E-state index contributed by atoms with van der Waals surface area (Å²) in [6, 6.07) is 34.6. The number of aromatic nitrogens is 9. The molecule has 34 heteroatoms. The number of fused-ring (bicyclic) bond motifs is 3. The number of esters is 3. The van der Waals surface area contributed by atoms with Gasteiger partial charge in [-0.1, -0.05) is 138 Å². The van der Waals surface area contributed by atoms with Crippen LogP contribution < -0.4 is 45.4 Å². The van der Waals surface area contributed by atoms with Gasteiger partial charge in [-0.2, -0.15) is 21.6 Å². The van der Waals surface area contributed by atoms with Gasteiger partial charge in [0.2, 0.25) is 0 Å². The standard InChI is InChI=1S/C26H26N4O5S.C19H16F3N3O7S2.C18H17N3O5S/c1-4-34-25(32)21-22(27-14-17-10-12-19(33-2)13-11-17)20-15-28-26(36-3)29-23(20)30(24(21)31)35-16-18-8-6-5-7-9-18;1-3-30-17(27)13-14(32-34(28,29)19(20,21)22)12-9-23-18(33-2)24-15(12)25(16(13)26)31-10-11-7-5-4-6-8-11;1-3-25-17(24)13-14(22)12-9-19-18(27-2)20-15(12)21(16(13)23)26-10-11-7-5-4-6-8-11/h5-13,15,27H,4,14,16H2,1-3H3;4-9H,3,10H2,1-2H3;4-9,22H,3,10H2,1-2H3. The highest BCUT2D eigenvalue weighted by Gasteiger charge is 2.50. The van der Waals surface area contributed by atoms with Crippen molar-refractivity contribution < 1.29 is 78.7 Å². The van der Waals surface area contributed by atoms with Crippen LogP contribution in [0.3, 0.4) is 0 Å². The number of thioether (sulfide) groups is 3. The molecular weight excluding hydrogens is 1350 g/mol. The molecule has 10 aromatic rings. The van der Waals surface area contributed by atoms with E-state index in [1.807, 2.05) is 91.2 Å². The van der Waals surface area contributed by atoms with Gasteiger partial charge < -0.3 is 48.1 Å². The third-order valence-corrected chi connectivity index (χ3v) is 15.8. The molecule has 6 heterocycles. The highest BCUT2D eigenvalue weighted by atomic mass is 32.2. The Morgan fingerprint density at radius 1 is 0.526 bits per heavy atom. The van der Waals surface area contributed by atoms with Crippen LogP contribution in [-0.2, 0) is 50.7 Å². The molecule has 0 unspecified atom stereocenters. The van der Waals surface area contributed by atoms with Gasteiger partial charge in [0.1, 0.15) is 31.3 Å². The molecular formula is C63H59F3N10O17S4. The number of halogens is 3. The van der Waals surface area contributed by atoms with Crippen LogP contribution >= 0.6 is 35.3 Å². The van der Waals surface area contributed by atoms with E-state index in [-0.39, 0.29) is 72.7 Å². The highest BCUT2D eigenvalue weighted by Crippen LogP contribution is 2.34. The maximum absolute atomic E-state index is 13.6. The Hall–Kier alpha value is -10.5. The second kappa shape index (κ2) is 33.3. The van der Waals surface area contributed by atoms with Crippen molar-refractivity contribution in [3.05, 3.63) is 204 Å². The molecule has 0 aliphatic rings. The number of benzene rings is 4. The normalized spacial score (nSPS) is 11.2. The first kappa shape index (κ1) is 72.4. The molecule has 0 fully saturated rings. The molecule has 0 aliphatic heterocycles. The fraction of sp³-hybridized carbons (Fsp3) is 0.238. The molecule has 0 atom stereocenters. The second-order valence-corrected chi connectivity index (χ2v) is 23.2. The maximum Gasteiger partial charge on any atom is 0.534 e. The first-order valence-electron chi connectivity index (χ1n) is 28.7. The third kappa shape index (κ3) is 17.3. The van der Waals surface area contributed by atoms with Gasteiger partial charge in [-0.25, -0.2) is 44.3 Å². The predicted octanol–water partition coefficient (Wildman–Crippen LogP) is 8.51. The summed E-state index contributed by atoms with van der Waals surface area (Å²) in [5.74, 6) is -4.13. The molecule has 0 aliphatic carbocycles. The Kier molecular flexibility index (Phi) is 24.8. The summed E-state index contributed by atoms with van der Waals surface area (Å²) < 4.78 is 89.4. The number of nitrogens with zero attached hydrogens (tertiary/aromatic N) is 9. The zero-order chi connectivity index (χ0) is 70.0. The minimum Gasteiger partial charge on any atom is -0.506 e. The summed E-state index contributed by atoms with van der Waals surface area (Å²) in [4.78, 5) is 120. The molecule has 0 amide bonds. The molecule has 508 valence electrons. The number of aromatic hydroxyl groups is 1. The van der Waals surface area contributed by atoms with Gasteiger partial charge in [0, 0.05) is 25.1 Å². The van der Waals surface area contributed by atoms with E-state index in [4.69, 9.17) is 33.5 Å². The van der Waals surface area contributed by atoms with Crippen molar-refractivity contribution in [1.29, 1.82) is 0 Å². The van der Waals surface area contributed by atoms with E-state index in [2.05, 4.69) is 39.4 Å². The third-order valence-electron chi connectivity index (χ3n) is 13.2. The van der Waals surface area contributed by atoms with Crippen molar-refractivity contribution in [3.8, 4) is 17.2 Å². The fourth-order valence-electron chi connectivity index (χ4n) is 8.66. The molecule has 0 radical (unpaired) electrons. The minimum absolute atomic E-state index is 0.0581. The lowest BCUT2D eigenvalue weighted by molar-refractivity contribution is -0.0500. The second-order valence-electron chi connectivity index (χ2n) is 19.4. The average molecular weight is 1410 g/mol. The zero-order valence-corrected chi connectivity index (χ0v) is 55.7. The lowest BCUT2D eigenvalue weighted by Crippen LogP contribution is -2.35. The summed E-state index contributed by atoms with van der Waals surface area (Å²) >= 11 is 3.64. The highest BCUT2D eigenvalue weighted by molar-refractivity contribution is 7.98. The van der Waals surface area contributed by atoms with Gasteiger partial charge in [-0.3, -0.25) is 14.4 Å². The zero-order valence-electron chi connectivity index (χ0n) is 52.4. The number of methoxy groups -OCH3 is 1. The first-order valence-corrected chi connectivity index (χ1v) is 33.8. The van der Waals surface area contributed by atoms with Crippen molar-refractivity contribution in [3.63, 3.8) is 0 Å². The number of anilines is 1. The first-order chi connectivity index (χ1) is 46.6. The van der Waals surface area contributed by atoms with E-state index >= 15 is 0 Å². The van der Waals surface area contributed by atoms with Crippen molar-refractivity contribution in [2.24, 2.45) is 0 Å². The number of carbonyl (C=O) groups excluding carboxylic acids is 3. The monoisotopic (exact) mass is 1410 g/mol. The summed E-state index contributed by atoms with van der Waals surface area (Å²) in [6.45, 7) is 4.89. The van der Waals surface area contributed by atoms with Crippen LogP contribution in [0.15, 0.2) is 164 Å². The molecule has 4 aromatic carbocycles. The van der Waals surface area contributed by atoms with Crippen molar-refractivity contribution >= 4 is 102 Å². The van der Waals surface area contributed by atoms with Crippen LogP contribution in [0.4, 0.5) is 18.9 Å². The van der Waals surface area contributed by atoms with Crippen LogP contribution in [0.1, 0.15) is 74.1 Å². The Balaban J connectivity index is 0.000000188. The van der Waals surface area contributed by atoms with Gasteiger partial charge in [-0.15, -0.1) is 14.2 Å². The number of carbonyl (C=O) groups is 3. The number of hydrogen-bond acceptors (Lipinski definition) is 27. The van der Waals surface area contributed by atoms with Crippen LogP contribution in [0.5, 0.6) is 17.2 Å². The molecule has 0 spiro atoms. The minimum atomic E-state index is -6.27. The van der Waals surface area contributed by atoms with Crippen molar-refractivity contribution in [2.45, 2.75) is 68.1 Å². The van der Waals surface area contributed by atoms with E-state index in [0.29, 0.717) is 32.5 Å². The average Bonchev–Trinajstić information content (AvgIpc) is 0.765. The van der Waals surface area contributed by atoms with Crippen molar-refractivity contribution in [1.82, 2.24) is 44.1 Å². The van der Waals surface area contributed by atoms with Crippen LogP contribution in [0.2, 0.25) is 0 Å².